The maximum atomic E-state index is 10.3. The number of hydrogen-bond acceptors (Lipinski definition) is 2. The van der Waals surface area contributed by atoms with Crippen LogP contribution in [-0.4, -0.2) is 22.4 Å². The molecular formula is C21H36O2. The zero-order chi connectivity index (χ0) is 16.4. The molecule has 4 fully saturated rings. The number of aliphatic hydroxyl groups excluding tert-OH is 2. The number of aliphatic hydroxyl groups is 2. The van der Waals surface area contributed by atoms with Crippen LogP contribution in [0.3, 0.4) is 0 Å². The van der Waals surface area contributed by atoms with Crippen molar-refractivity contribution in [3.63, 3.8) is 0 Å². The summed E-state index contributed by atoms with van der Waals surface area (Å²) in [5.41, 5.74) is 0.784. The first kappa shape index (κ1) is 16.4. The lowest BCUT2D eigenvalue weighted by Crippen LogP contribution is -2.53. The Kier molecular flexibility index (Phi) is 3.89. The largest absolute Gasteiger partial charge is 0.393 e. The van der Waals surface area contributed by atoms with Crippen LogP contribution in [0.15, 0.2) is 0 Å². The Hall–Kier alpha value is -0.0800. The fourth-order valence-corrected chi connectivity index (χ4v) is 8.09. The first-order chi connectivity index (χ1) is 10.8. The third-order valence-electron chi connectivity index (χ3n) is 9.12. The Labute approximate surface area is 142 Å². The summed E-state index contributed by atoms with van der Waals surface area (Å²) in [6.45, 7) is 6.98. The normalized spacial score (nSPS) is 57.3. The van der Waals surface area contributed by atoms with Gasteiger partial charge in [0.25, 0.3) is 0 Å². The van der Waals surface area contributed by atoms with Gasteiger partial charge < -0.3 is 10.2 Å². The summed E-state index contributed by atoms with van der Waals surface area (Å²) in [5, 5.41) is 20.5. The molecule has 2 nitrogen and oxygen atoms in total. The Morgan fingerprint density at radius 1 is 0.870 bits per heavy atom. The van der Waals surface area contributed by atoms with Gasteiger partial charge in [-0.05, 0) is 105 Å². The van der Waals surface area contributed by atoms with E-state index in [1.165, 1.54) is 44.9 Å². The van der Waals surface area contributed by atoms with E-state index in [4.69, 9.17) is 0 Å². The van der Waals surface area contributed by atoms with Gasteiger partial charge in [-0.3, -0.25) is 0 Å². The van der Waals surface area contributed by atoms with Crippen LogP contribution in [0.2, 0.25) is 0 Å². The fraction of sp³-hybridized carbons (Fsp3) is 1.00. The molecule has 2 heteroatoms. The summed E-state index contributed by atoms with van der Waals surface area (Å²) in [6.07, 6.45) is 11.1. The molecule has 9 atom stereocenters. The summed E-state index contributed by atoms with van der Waals surface area (Å²) < 4.78 is 0. The molecule has 4 aliphatic rings. The van der Waals surface area contributed by atoms with Crippen molar-refractivity contribution in [2.75, 3.05) is 0 Å². The van der Waals surface area contributed by atoms with Crippen molar-refractivity contribution in [2.45, 2.75) is 90.8 Å². The molecule has 0 unspecified atom stereocenters. The molecule has 0 heterocycles. The lowest BCUT2D eigenvalue weighted by atomic mass is 9.46. The summed E-state index contributed by atoms with van der Waals surface area (Å²) >= 11 is 0. The summed E-state index contributed by atoms with van der Waals surface area (Å²) in [4.78, 5) is 0. The smallest absolute Gasteiger partial charge is 0.0545 e. The highest BCUT2D eigenvalue weighted by atomic mass is 16.3. The quantitative estimate of drug-likeness (QED) is 0.752. The predicted octanol–water partition coefficient (Wildman–Crippen LogP) is 4.39. The van der Waals surface area contributed by atoms with E-state index < -0.39 is 0 Å². The maximum absolute atomic E-state index is 10.3. The average molecular weight is 321 g/mol. The Balaban J connectivity index is 1.59. The van der Waals surface area contributed by atoms with Gasteiger partial charge in [0, 0.05) is 0 Å². The van der Waals surface area contributed by atoms with Gasteiger partial charge in [-0.15, -0.1) is 0 Å². The molecule has 0 aromatic rings. The second kappa shape index (κ2) is 5.46. The third kappa shape index (κ3) is 2.34. The molecule has 0 amide bonds. The maximum Gasteiger partial charge on any atom is 0.0545 e. The van der Waals surface area contributed by atoms with Crippen LogP contribution in [0.25, 0.3) is 0 Å². The first-order valence-corrected chi connectivity index (χ1v) is 10.2. The van der Waals surface area contributed by atoms with Crippen molar-refractivity contribution in [1.82, 2.24) is 0 Å². The van der Waals surface area contributed by atoms with E-state index in [1.54, 1.807) is 0 Å². The van der Waals surface area contributed by atoms with Gasteiger partial charge in [0.15, 0.2) is 0 Å². The SMILES string of the molecule is C[C@@H](O)[C@H]1CC[C@H]2[C@@H]3CC[C@]4(C)C[C@@H](O)CC[C@H]4[C@@H]3CC[C@]12C. The van der Waals surface area contributed by atoms with Crippen LogP contribution < -0.4 is 0 Å². The molecule has 0 aliphatic heterocycles. The second-order valence-electron chi connectivity index (χ2n) is 10.1. The summed E-state index contributed by atoms with van der Waals surface area (Å²) in [6, 6.07) is 0. The van der Waals surface area contributed by atoms with Crippen LogP contribution in [-0.2, 0) is 0 Å². The van der Waals surface area contributed by atoms with Crippen molar-refractivity contribution in [3.05, 3.63) is 0 Å². The number of rotatable bonds is 1. The van der Waals surface area contributed by atoms with Gasteiger partial charge in [-0.1, -0.05) is 13.8 Å². The zero-order valence-corrected chi connectivity index (χ0v) is 15.3. The van der Waals surface area contributed by atoms with Gasteiger partial charge >= 0.3 is 0 Å². The minimum atomic E-state index is -0.139. The molecule has 0 aromatic carbocycles. The molecule has 23 heavy (non-hydrogen) atoms. The van der Waals surface area contributed by atoms with Crippen molar-refractivity contribution < 1.29 is 10.2 Å². The molecule has 0 bridgehead atoms. The average Bonchev–Trinajstić information content (AvgIpc) is 2.83. The lowest BCUT2D eigenvalue weighted by molar-refractivity contribution is -0.121. The van der Waals surface area contributed by atoms with Crippen molar-refractivity contribution in [2.24, 2.45) is 40.4 Å². The highest BCUT2D eigenvalue weighted by molar-refractivity contribution is 5.08. The van der Waals surface area contributed by atoms with Gasteiger partial charge in [-0.2, -0.15) is 0 Å². The molecule has 0 spiro atoms. The van der Waals surface area contributed by atoms with Crippen LogP contribution in [0.4, 0.5) is 0 Å². The topological polar surface area (TPSA) is 40.5 Å². The highest BCUT2D eigenvalue weighted by Crippen LogP contribution is 2.66. The fourth-order valence-electron chi connectivity index (χ4n) is 8.09. The molecule has 4 aliphatic carbocycles. The number of fused-ring (bicyclic) bond motifs is 5. The van der Waals surface area contributed by atoms with Crippen molar-refractivity contribution in [3.8, 4) is 0 Å². The van der Waals surface area contributed by atoms with Crippen molar-refractivity contribution in [1.29, 1.82) is 0 Å². The first-order valence-electron chi connectivity index (χ1n) is 10.2. The molecule has 132 valence electrons. The van der Waals surface area contributed by atoms with E-state index >= 15 is 0 Å². The molecular weight excluding hydrogens is 284 g/mol. The summed E-state index contributed by atoms with van der Waals surface area (Å²) in [7, 11) is 0. The van der Waals surface area contributed by atoms with E-state index in [0.717, 1.165) is 36.5 Å². The molecule has 0 saturated heterocycles. The Morgan fingerprint density at radius 3 is 2.26 bits per heavy atom. The van der Waals surface area contributed by atoms with Crippen molar-refractivity contribution >= 4 is 0 Å². The van der Waals surface area contributed by atoms with Crippen LogP contribution >= 0.6 is 0 Å². The predicted molar refractivity (Wildman–Crippen MR) is 92.9 cm³/mol. The van der Waals surface area contributed by atoms with Gasteiger partial charge in [0.05, 0.1) is 12.2 Å². The summed E-state index contributed by atoms with van der Waals surface area (Å²) in [5.74, 6) is 4.00. The van der Waals surface area contributed by atoms with Crippen LogP contribution in [0, 0.1) is 40.4 Å². The monoisotopic (exact) mass is 320 g/mol. The van der Waals surface area contributed by atoms with Gasteiger partial charge in [0.2, 0.25) is 0 Å². The molecule has 4 rings (SSSR count). The Bertz CT molecular complexity index is 461. The minimum absolute atomic E-state index is 0.0484. The van der Waals surface area contributed by atoms with E-state index in [2.05, 4.69) is 13.8 Å². The van der Waals surface area contributed by atoms with E-state index in [9.17, 15) is 10.2 Å². The highest BCUT2D eigenvalue weighted by Gasteiger charge is 2.59. The van der Waals surface area contributed by atoms with E-state index in [0.29, 0.717) is 16.7 Å². The minimum Gasteiger partial charge on any atom is -0.393 e. The van der Waals surface area contributed by atoms with Gasteiger partial charge in [0.1, 0.15) is 0 Å². The lowest BCUT2D eigenvalue weighted by Gasteiger charge is -2.59. The molecule has 2 N–H and O–H groups in total. The van der Waals surface area contributed by atoms with Crippen LogP contribution in [0.5, 0.6) is 0 Å². The molecule has 4 saturated carbocycles. The van der Waals surface area contributed by atoms with E-state index in [-0.39, 0.29) is 12.2 Å². The standard InChI is InChI=1S/C21H36O2/c1-13(22)17-6-7-19-16-8-10-20(2)12-14(23)4-5-18(20)15(16)9-11-21(17,19)3/h13-19,22-23H,4-12H2,1-3H3/t13-,14+,15-,16-,17-,18+,19+,20-,21-/m1/s1. The van der Waals surface area contributed by atoms with E-state index in [1.807, 2.05) is 6.92 Å². The third-order valence-corrected chi connectivity index (χ3v) is 9.12. The second-order valence-corrected chi connectivity index (χ2v) is 10.1. The van der Waals surface area contributed by atoms with Crippen LogP contribution in [0.1, 0.15) is 78.6 Å². The van der Waals surface area contributed by atoms with Gasteiger partial charge in [-0.25, -0.2) is 0 Å². The number of hydrogen-bond donors (Lipinski definition) is 2. The molecule has 0 radical (unpaired) electrons. The Morgan fingerprint density at radius 2 is 1.52 bits per heavy atom. The molecule has 0 aromatic heterocycles. The zero-order valence-electron chi connectivity index (χ0n) is 15.3.